The van der Waals surface area contributed by atoms with Crippen LogP contribution in [0.15, 0.2) is 48.5 Å². The van der Waals surface area contributed by atoms with Gasteiger partial charge in [0.05, 0.1) is 7.11 Å². The average Bonchev–Trinajstić information content (AvgIpc) is 2.82. The highest BCUT2D eigenvalue weighted by Crippen LogP contribution is 2.28. The summed E-state index contributed by atoms with van der Waals surface area (Å²) in [4.78, 5) is 12.7. The molecule has 4 rings (SSSR count). The summed E-state index contributed by atoms with van der Waals surface area (Å²) in [7, 11) is 1.63. The Bertz CT molecular complexity index is 928. The van der Waals surface area contributed by atoms with Gasteiger partial charge in [-0.25, -0.2) is 0 Å². The van der Waals surface area contributed by atoms with Crippen LogP contribution in [-0.4, -0.2) is 30.7 Å². The summed E-state index contributed by atoms with van der Waals surface area (Å²) in [5.41, 5.74) is 4.58. The molecule has 0 radical (unpaired) electrons. The van der Waals surface area contributed by atoms with E-state index in [0.717, 1.165) is 42.9 Å². The Kier molecular flexibility index (Phi) is 4.63. The molecule has 0 bridgehead atoms. The minimum Gasteiger partial charge on any atom is -0.497 e. The van der Waals surface area contributed by atoms with Crippen molar-refractivity contribution in [3.05, 3.63) is 59.8 Å². The summed E-state index contributed by atoms with van der Waals surface area (Å²) in [6.07, 6.45) is 1.95. The number of aromatic nitrogens is 1. The number of carbonyl (C=O) groups excluding carboxylic acids is 1. The van der Waals surface area contributed by atoms with Crippen LogP contribution in [0.3, 0.4) is 0 Å². The van der Waals surface area contributed by atoms with E-state index in [2.05, 4.69) is 33.4 Å². The Labute approximate surface area is 153 Å². The smallest absolute Gasteiger partial charge is 0.244 e. The number of ether oxygens (including phenoxy) is 1. The first-order valence-electron chi connectivity index (χ1n) is 9.00. The summed E-state index contributed by atoms with van der Waals surface area (Å²) >= 11 is 0. The largest absolute Gasteiger partial charge is 0.497 e. The molecule has 0 atom stereocenters. The van der Waals surface area contributed by atoms with Gasteiger partial charge in [-0.1, -0.05) is 18.2 Å². The number of hydrogen-bond donors (Lipinski definition) is 2. The maximum absolute atomic E-state index is 12.7. The Hall–Kier alpha value is -2.79. The van der Waals surface area contributed by atoms with Crippen molar-refractivity contribution in [2.45, 2.75) is 19.4 Å². The number of fused-ring (bicyclic) bond motifs is 3. The van der Waals surface area contributed by atoms with Gasteiger partial charge >= 0.3 is 0 Å². The van der Waals surface area contributed by atoms with E-state index in [1.165, 1.54) is 16.6 Å². The molecule has 3 aromatic rings. The van der Waals surface area contributed by atoms with Gasteiger partial charge in [0.25, 0.3) is 0 Å². The van der Waals surface area contributed by atoms with E-state index in [0.29, 0.717) is 6.54 Å². The Morgan fingerprint density at radius 1 is 1.12 bits per heavy atom. The summed E-state index contributed by atoms with van der Waals surface area (Å²) in [5, 5.41) is 7.71. The molecule has 2 N–H and O–H groups in total. The molecule has 0 saturated heterocycles. The van der Waals surface area contributed by atoms with Crippen LogP contribution >= 0.6 is 0 Å². The van der Waals surface area contributed by atoms with Crippen molar-refractivity contribution >= 4 is 22.5 Å². The fourth-order valence-corrected chi connectivity index (χ4v) is 3.74. The molecular weight excluding hydrogens is 326 g/mol. The van der Waals surface area contributed by atoms with Crippen molar-refractivity contribution in [1.29, 1.82) is 0 Å². The van der Waals surface area contributed by atoms with Crippen LogP contribution < -0.4 is 15.4 Å². The number of anilines is 1. The summed E-state index contributed by atoms with van der Waals surface area (Å²) in [6, 6.07) is 15.8. The van der Waals surface area contributed by atoms with Gasteiger partial charge in [0, 0.05) is 35.2 Å². The van der Waals surface area contributed by atoms with Crippen LogP contribution in [0.2, 0.25) is 0 Å². The number of hydrogen-bond acceptors (Lipinski definition) is 3. The number of rotatable bonds is 4. The molecule has 0 fully saturated rings. The van der Waals surface area contributed by atoms with Gasteiger partial charge in [-0.05, 0) is 48.9 Å². The number of carbonyl (C=O) groups is 1. The highest BCUT2D eigenvalue weighted by atomic mass is 16.5. The summed E-state index contributed by atoms with van der Waals surface area (Å²) < 4.78 is 7.34. The van der Waals surface area contributed by atoms with Gasteiger partial charge in [-0.15, -0.1) is 0 Å². The SMILES string of the molecule is COc1ccc(NC(=O)Cn2c3c(c4ccccc42)CCNCC3)cc1. The third-order valence-corrected chi connectivity index (χ3v) is 4.96. The molecule has 2 heterocycles. The maximum atomic E-state index is 12.7. The first-order chi connectivity index (χ1) is 12.8. The van der Waals surface area contributed by atoms with Crippen molar-refractivity contribution in [2.75, 3.05) is 25.5 Å². The zero-order valence-electron chi connectivity index (χ0n) is 14.9. The highest BCUT2D eigenvalue weighted by Gasteiger charge is 2.19. The number of nitrogens with one attached hydrogen (secondary N) is 2. The molecule has 134 valence electrons. The summed E-state index contributed by atoms with van der Waals surface area (Å²) in [5.74, 6) is 0.758. The van der Waals surface area contributed by atoms with Crippen molar-refractivity contribution < 1.29 is 9.53 Å². The predicted octanol–water partition coefficient (Wildman–Crippen LogP) is 2.98. The Balaban J connectivity index is 1.61. The lowest BCUT2D eigenvalue weighted by atomic mass is 10.1. The van der Waals surface area contributed by atoms with Crippen molar-refractivity contribution in [3.8, 4) is 5.75 Å². The fourth-order valence-electron chi connectivity index (χ4n) is 3.74. The third-order valence-electron chi connectivity index (χ3n) is 4.96. The number of para-hydroxylation sites is 1. The van der Waals surface area contributed by atoms with Crippen LogP contribution in [0, 0.1) is 0 Å². The van der Waals surface area contributed by atoms with Gasteiger partial charge in [-0.2, -0.15) is 0 Å². The number of benzene rings is 2. The van der Waals surface area contributed by atoms with Crippen LogP contribution in [0.5, 0.6) is 5.75 Å². The average molecular weight is 349 g/mol. The maximum Gasteiger partial charge on any atom is 0.244 e. The van der Waals surface area contributed by atoms with Crippen molar-refractivity contribution in [3.63, 3.8) is 0 Å². The molecule has 26 heavy (non-hydrogen) atoms. The molecule has 0 spiro atoms. The lowest BCUT2D eigenvalue weighted by Gasteiger charge is -2.12. The second-order valence-corrected chi connectivity index (χ2v) is 6.56. The molecule has 1 aromatic heterocycles. The number of methoxy groups -OCH3 is 1. The lowest BCUT2D eigenvalue weighted by Crippen LogP contribution is -2.21. The van der Waals surface area contributed by atoms with Gasteiger partial charge in [0.15, 0.2) is 0 Å². The second-order valence-electron chi connectivity index (χ2n) is 6.56. The van der Waals surface area contributed by atoms with Gasteiger partial charge in [0.1, 0.15) is 12.3 Å². The molecule has 1 aliphatic rings. The first kappa shape index (κ1) is 16.7. The fraction of sp³-hybridized carbons (Fsp3) is 0.286. The van der Waals surface area contributed by atoms with E-state index in [1.54, 1.807) is 7.11 Å². The van der Waals surface area contributed by atoms with Crippen LogP contribution in [0.4, 0.5) is 5.69 Å². The normalized spacial score (nSPS) is 13.9. The molecule has 2 aromatic carbocycles. The minimum absolute atomic E-state index is 0.0177. The second kappa shape index (κ2) is 7.22. The van der Waals surface area contributed by atoms with Crippen LogP contribution in [0.1, 0.15) is 11.3 Å². The van der Waals surface area contributed by atoms with Crippen molar-refractivity contribution in [1.82, 2.24) is 9.88 Å². The van der Waals surface area contributed by atoms with E-state index < -0.39 is 0 Å². The molecule has 5 heteroatoms. The number of nitrogens with zero attached hydrogens (tertiary/aromatic N) is 1. The molecule has 1 amide bonds. The zero-order chi connectivity index (χ0) is 17.9. The molecule has 0 unspecified atom stereocenters. The topological polar surface area (TPSA) is 55.3 Å². The van der Waals surface area contributed by atoms with E-state index in [1.807, 2.05) is 30.3 Å². The van der Waals surface area contributed by atoms with Gasteiger partial charge in [0.2, 0.25) is 5.91 Å². The Morgan fingerprint density at radius 2 is 1.88 bits per heavy atom. The molecule has 5 nitrogen and oxygen atoms in total. The van der Waals surface area contributed by atoms with Crippen molar-refractivity contribution in [2.24, 2.45) is 0 Å². The molecule has 0 aliphatic carbocycles. The number of amides is 1. The predicted molar refractivity (Wildman–Crippen MR) is 104 cm³/mol. The monoisotopic (exact) mass is 349 g/mol. The van der Waals surface area contributed by atoms with E-state index in [9.17, 15) is 4.79 Å². The first-order valence-corrected chi connectivity index (χ1v) is 9.00. The molecule has 0 saturated carbocycles. The standard InChI is InChI=1S/C21H23N3O2/c1-26-16-8-6-15(7-9-16)23-21(25)14-24-19-5-3-2-4-17(19)18-10-12-22-13-11-20(18)24/h2-9,22H,10-14H2,1H3,(H,23,25). The third kappa shape index (κ3) is 3.18. The lowest BCUT2D eigenvalue weighted by molar-refractivity contribution is -0.116. The minimum atomic E-state index is -0.0177. The van der Waals surface area contributed by atoms with E-state index >= 15 is 0 Å². The summed E-state index contributed by atoms with van der Waals surface area (Å²) in [6.45, 7) is 2.25. The highest BCUT2D eigenvalue weighted by molar-refractivity contribution is 5.93. The quantitative estimate of drug-likeness (QED) is 0.761. The van der Waals surface area contributed by atoms with E-state index in [-0.39, 0.29) is 5.91 Å². The van der Waals surface area contributed by atoms with E-state index in [4.69, 9.17) is 4.74 Å². The van der Waals surface area contributed by atoms with Gasteiger partial charge < -0.3 is 19.9 Å². The van der Waals surface area contributed by atoms with Gasteiger partial charge in [-0.3, -0.25) is 4.79 Å². The zero-order valence-corrected chi connectivity index (χ0v) is 14.9. The van der Waals surface area contributed by atoms with Crippen LogP contribution in [-0.2, 0) is 24.2 Å². The molecule has 1 aliphatic heterocycles. The van der Waals surface area contributed by atoms with Crippen LogP contribution in [0.25, 0.3) is 10.9 Å². The molecular formula is C21H23N3O2. The Morgan fingerprint density at radius 3 is 2.69 bits per heavy atom.